The third kappa shape index (κ3) is 5.13. The number of primary amides is 1. The van der Waals surface area contributed by atoms with E-state index in [1.165, 1.54) is 14.1 Å². The van der Waals surface area contributed by atoms with Crippen LogP contribution in [0.25, 0.3) is 0 Å². The largest absolute Gasteiger partial charge is 0.439 e. The van der Waals surface area contributed by atoms with Crippen molar-refractivity contribution in [3.8, 4) is 0 Å². The lowest BCUT2D eigenvalue weighted by atomic mass is 10.1. The zero-order valence-corrected chi connectivity index (χ0v) is 12.8. The first-order valence-corrected chi connectivity index (χ1v) is 6.58. The van der Waals surface area contributed by atoms with Crippen molar-refractivity contribution in [3.05, 3.63) is 34.9 Å². The summed E-state index contributed by atoms with van der Waals surface area (Å²) in [4.78, 5) is 34.7. The third-order valence-electron chi connectivity index (χ3n) is 2.64. The summed E-state index contributed by atoms with van der Waals surface area (Å²) in [7, 11) is 2.76. The van der Waals surface area contributed by atoms with Crippen LogP contribution in [0.5, 0.6) is 0 Å². The van der Waals surface area contributed by atoms with Gasteiger partial charge in [0.2, 0.25) is 0 Å². The van der Waals surface area contributed by atoms with E-state index in [0.717, 1.165) is 4.90 Å². The molecular weight excluding hydrogens is 314 g/mol. The molecule has 120 valence electrons. The normalized spacial score (nSPS) is 11.2. The van der Waals surface area contributed by atoms with Crippen LogP contribution in [0, 0.1) is 0 Å². The predicted molar refractivity (Wildman–Crippen MR) is 78.4 cm³/mol. The number of halogens is 1. The Bertz CT molecular complexity index is 566. The van der Waals surface area contributed by atoms with Crippen molar-refractivity contribution < 1.29 is 23.9 Å². The summed E-state index contributed by atoms with van der Waals surface area (Å²) in [6.45, 7) is -0.0801. The van der Waals surface area contributed by atoms with Crippen molar-refractivity contribution in [2.45, 2.75) is 6.10 Å². The number of nitrogens with zero attached hydrogens (tertiary/aromatic N) is 1. The predicted octanol–water partition coefficient (Wildman–Crippen LogP) is 1.88. The fraction of sp³-hybridized carbons (Fsp3) is 0.308. The Hall–Kier alpha value is -2.48. The number of nitrogens with one attached hydrogen (secondary N) is 1. The number of ether oxygens (including phenoxy) is 2. The first kappa shape index (κ1) is 17.6. The number of hydrogen-bond donors (Lipinski definition) is 2. The van der Waals surface area contributed by atoms with Crippen molar-refractivity contribution >= 4 is 29.9 Å². The number of carbonyl (C=O) groups excluding carboxylic acids is 3. The SMILES string of the molecule is CNC(=O)O[C@@H](CN(C)C(=O)OC(N)=O)c1ccccc1Cl. The molecule has 3 amide bonds. The van der Waals surface area contributed by atoms with Crippen molar-refractivity contribution in [2.75, 3.05) is 20.6 Å². The Morgan fingerprint density at radius 3 is 2.55 bits per heavy atom. The molecule has 0 radical (unpaired) electrons. The summed E-state index contributed by atoms with van der Waals surface area (Å²) in [5, 5.41) is 2.67. The van der Waals surface area contributed by atoms with E-state index in [0.29, 0.717) is 10.6 Å². The van der Waals surface area contributed by atoms with Crippen LogP contribution in [0.3, 0.4) is 0 Å². The second kappa shape index (κ2) is 8.08. The first-order chi connectivity index (χ1) is 10.3. The summed E-state index contributed by atoms with van der Waals surface area (Å²) >= 11 is 6.07. The summed E-state index contributed by atoms with van der Waals surface area (Å²) in [5.74, 6) is 0. The standard InChI is InChI=1S/C13H16ClN3O5/c1-16-12(19)21-10(8-5-3-4-6-9(8)14)7-17(2)13(20)22-11(15)18/h3-6,10H,7H2,1-2H3,(H2,15,18)(H,16,19)/t10-/m0/s1. The second-order valence-electron chi connectivity index (χ2n) is 4.23. The fourth-order valence-corrected chi connectivity index (χ4v) is 1.87. The Labute approximate surface area is 132 Å². The Morgan fingerprint density at radius 1 is 1.36 bits per heavy atom. The molecule has 0 saturated carbocycles. The van der Waals surface area contributed by atoms with E-state index in [9.17, 15) is 14.4 Å². The lowest BCUT2D eigenvalue weighted by Gasteiger charge is -2.24. The molecule has 0 fully saturated rings. The summed E-state index contributed by atoms with van der Waals surface area (Å²) in [6, 6.07) is 6.71. The molecule has 0 aromatic heterocycles. The highest BCUT2D eigenvalue weighted by Crippen LogP contribution is 2.26. The number of carbonyl (C=O) groups is 3. The molecule has 0 aliphatic rings. The number of rotatable bonds is 4. The molecule has 9 heteroatoms. The van der Waals surface area contributed by atoms with Crippen molar-refractivity contribution in [3.63, 3.8) is 0 Å². The molecule has 22 heavy (non-hydrogen) atoms. The molecule has 1 atom stereocenters. The van der Waals surface area contributed by atoms with Crippen LogP contribution in [-0.2, 0) is 9.47 Å². The van der Waals surface area contributed by atoms with Gasteiger partial charge in [0.25, 0.3) is 0 Å². The van der Waals surface area contributed by atoms with E-state index < -0.39 is 24.4 Å². The maximum atomic E-state index is 11.6. The molecular formula is C13H16ClN3O5. The Balaban J connectivity index is 2.92. The molecule has 0 saturated heterocycles. The lowest BCUT2D eigenvalue weighted by Crippen LogP contribution is -2.36. The van der Waals surface area contributed by atoms with E-state index in [1.54, 1.807) is 24.3 Å². The van der Waals surface area contributed by atoms with Crippen molar-refractivity contribution in [1.29, 1.82) is 0 Å². The molecule has 8 nitrogen and oxygen atoms in total. The molecule has 0 aliphatic carbocycles. The molecule has 0 unspecified atom stereocenters. The van der Waals surface area contributed by atoms with Gasteiger partial charge in [0, 0.05) is 24.7 Å². The van der Waals surface area contributed by atoms with Crippen LogP contribution in [0.4, 0.5) is 14.4 Å². The minimum atomic E-state index is -1.22. The first-order valence-electron chi connectivity index (χ1n) is 6.20. The Morgan fingerprint density at radius 2 is 2.00 bits per heavy atom. The highest BCUT2D eigenvalue weighted by molar-refractivity contribution is 6.31. The number of alkyl carbamates (subject to hydrolysis) is 1. The van der Waals surface area contributed by atoms with Gasteiger partial charge >= 0.3 is 18.3 Å². The second-order valence-corrected chi connectivity index (χ2v) is 4.64. The third-order valence-corrected chi connectivity index (χ3v) is 2.99. The molecule has 1 aromatic rings. The summed E-state index contributed by atoms with van der Waals surface area (Å²) < 4.78 is 9.44. The van der Waals surface area contributed by atoms with Crippen LogP contribution >= 0.6 is 11.6 Å². The average molecular weight is 330 g/mol. The van der Waals surface area contributed by atoms with Gasteiger partial charge < -0.3 is 25.4 Å². The van der Waals surface area contributed by atoms with E-state index in [2.05, 4.69) is 10.1 Å². The number of likely N-dealkylation sites (N-methyl/N-ethyl adjacent to an activating group) is 1. The monoisotopic (exact) mass is 329 g/mol. The molecule has 1 aromatic carbocycles. The van der Waals surface area contributed by atoms with Gasteiger partial charge in [-0.1, -0.05) is 29.8 Å². The quantitative estimate of drug-likeness (QED) is 0.819. The topological polar surface area (TPSA) is 111 Å². The number of amides is 3. The van der Waals surface area contributed by atoms with Gasteiger partial charge in [0.15, 0.2) is 0 Å². The van der Waals surface area contributed by atoms with Gasteiger partial charge in [-0.25, -0.2) is 14.4 Å². The van der Waals surface area contributed by atoms with Gasteiger partial charge in [0.1, 0.15) is 6.10 Å². The number of benzene rings is 1. The lowest BCUT2D eigenvalue weighted by molar-refractivity contribution is 0.0707. The average Bonchev–Trinajstić information content (AvgIpc) is 2.46. The maximum Gasteiger partial charge on any atom is 0.418 e. The van der Waals surface area contributed by atoms with Gasteiger partial charge in [-0.15, -0.1) is 0 Å². The van der Waals surface area contributed by atoms with Crippen LogP contribution in [-0.4, -0.2) is 43.8 Å². The minimum Gasteiger partial charge on any atom is -0.439 e. The van der Waals surface area contributed by atoms with E-state index in [4.69, 9.17) is 22.1 Å². The van der Waals surface area contributed by atoms with Crippen LogP contribution in [0.2, 0.25) is 5.02 Å². The van der Waals surface area contributed by atoms with Crippen LogP contribution in [0.15, 0.2) is 24.3 Å². The van der Waals surface area contributed by atoms with E-state index >= 15 is 0 Å². The van der Waals surface area contributed by atoms with Gasteiger partial charge in [-0.2, -0.15) is 0 Å². The molecule has 0 spiro atoms. The van der Waals surface area contributed by atoms with Crippen molar-refractivity contribution in [2.24, 2.45) is 5.73 Å². The van der Waals surface area contributed by atoms with Gasteiger partial charge in [0.05, 0.1) is 6.54 Å². The smallest absolute Gasteiger partial charge is 0.418 e. The summed E-state index contributed by atoms with van der Waals surface area (Å²) in [5.41, 5.74) is 5.28. The molecule has 0 aliphatic heterocycles. The highest BCUT2D eigenvalue weighted by atomic mass is 35.5. The maximum absolute atomic E-state index is 11.6. The van der Waals surface area contributed by atoms with Gasteiger partial charge in [-0.3, -0.25) is 0 Å². The van der Waals surface area contributed by atoms with E-state index in [1.807, 2.05) is 0 Å². The Kier molecular flexibility index (Phi) is 6.46. The fourth-order valence-electron chi connectivity index (χ4n) is 1.61. The summed E-state index contributed by atoms with van der Waals surface area (Å²) in [6.07, 6.45) is -3.73. The van der Waals surface area contributed by atoms with Gasteiger partial charge in [-0.05, 0) is 6.07 Å². The minimum absolute atomic E-state index is 0.0801. The number of hydrogen-bond acceptors (Lipinski definition) is 5. The molecule has 0 bridgehead atoms. The molecule has 3 N–H and O–H groups in total. The highest BCUT2D eigenvalue weighted by Gasteiger charge is 2.24. The van der Waals surface area contributed by atoms with Crippen LogP contribution in [0.1, 0.15) is 11.7 Å². The van der Waals surface area contributed by atoms with Crippen molar-refractivity contribution in [1.82, 2.24) is 10.2 Å². The molecule has 1 rings (SSSR count). The zero-order chi connectivity index (χ0) is 16.7. The number of nitrogens with two attached hydrogens (primary N) is 1. The molecule has 0 heterocycles. The van der Waals surface area contributed by atoms with E-state index in [-0.39, 0.29) is 6.54 Å². The van der Waals surface area contributed by atoms with Crippen LogP contribution < -0.4 is 11.1 Å². The zero-order valence-electron chi connectivity index (χ0n) is 12.0.